The van der Waals surface area contributed by atoms with E-state index in [1.165, 1.54) is 0 Å². The largest absolute Gasteiger partial charge is 0.489 e. The highest BCUT2D eigenvalue weighted by Gasteiger charge is 2.36. The number of ether oxygens (including phenoxy) is 1. The number of aryl methyl sites for hydroxylation is 1. The predicted molar refractivity (Wildman–Crippen MR) is 154 cm³/mol. The van der Waals surface area contributed by atoms with Gasteiger partial charge in [0.15, 0.2) is 0 Å². The Hall–Kier alpha value is -3.26. The lowest BCUT2D eigenvalue weighted by molar-refractivity contribution is -0.113. The second kappa shape index (κ2) is 10.6. The molecular formula is C29H22BrClN2O3S. The second-order valence-electron chi connectivity index (χ2n) is 8.57. The molecule has 2 heterocycles. The highest BCUT2D eigenvalue weighted by atomic mass is 79.9. The van der Waals surface area contributed by atoms with E-state index >= 15 is 0 Å². The normalized spacial score (nSPS) is 14.6. The molecule has 186 valence electrons. The SMILES string of the molecule is Cc1cc(/C=C2/SC(=O)N(c3cccc(Cl)c3)C2=O)c(C)n1-c1ccc(OCc2ccc(Br)cc2)cc1. The van der Waals surface area contributed by atoms with Gasteiger partial charge >= 0.3 is 0 Å². The molecule has 37 heavy (non-hydrogen) atoms. The standard InChI is InChI=1S/C29H22BrClN2O3S/c1-18-14-21(15-27-28(34)33(29(35)37-27)25-5-3-4-23(31)16-25)19(2)32(18)24-10-12-26(13-11-24)36-17-20-6-8-22(30)9-7-20/h3-16H,17H2,1-2H3/b27-15+. The van der Waals surface area contributed by atoms with Crippen LogP contribution in [0.4, 0.5) is 10.5 Å². The number of nitrogens with zero attached hydrogens (tertiary/aromatic N) is 2. The Morgan fingerprint density at radius 2 is 1.68 bits per heavy atom. The van der Waals surface area contributed by atoms with Crippen molar-refractivity contribution in [3.05, 3.63) is 116 Å². The number of anilines is 1. The Balaban J connectivity index is 1.35. The van der Waals surface area contributed by atoms with Crippen LogP contribution in [-0.2, 0) is 11.4 Å². The molecule has 0 unspecified atom stereocenters. The van der Waals surface area contributed by atoms with Gasteiger partial charge in [0.25, 0.3) is 11.1 Å². The lowest BCUT2D eigenvalue weighted by Crippen LogP contribution is -2.27. The van der Waals surface area contributed by atoms with Crippen molar-refractivity contribution in [3.63, 3.8) is 0 Å². The monoisotopic (exact) mass is 592 g/mol. The molecule has 0 radical (unpaired) electrons. The quantitative estimate of drug-likeness (QED) is 0.211. The van der Waals surface area contributed by atoms with Crippen LogP contribution in [-0.4, -0.2) is 15.7 Å². The van der Waals surface area contributed by atoms with Gasteiger partial charge in [0.1, 0.15) is 12.4 Å². The van der Waals surface area contributed by atoms with E-state index in [0.717, 1.165) is 55.1 Å². The summed E-state index contributed by atoms with van der Waals surface area (Å²) in [6.07, 6.45) is 1.78. The van der Waals surface area contributed by atoms with Crippen LogP contribution < -0.4 is 9.64 Å². The van der Waals surface area contributed by atoms with Gasteiger partial charge in [0.2, 0.25) is 0 Å². The zero-order valence-electron chi connectivity index (χ0n) is 20.1. The molecule has 1 fully saturated rings. The fourth-order valence-corrected chi connectivity index (χ4v) is 5.50. The Morgan fingerprint density at radius 3 is 2.38 bits per heavy atom. The summed E-state index contributed by atoms with van der Waals surface area (Å²) in [6.45, 7) is 4.50. The van der Waals surface area contributed by atoms with E-state index in [1.807, 2.05) is 68.4 Å². The summed E-state index contributed by atoms with van der Waals surface area (Å²) in [5.74, 6) is 0.429. The number of carbonyl (C=O) groups is 2. The molecule has 1 aliphatic heterocycles. The van der Waals surface area contributed by atoms with Crippen LogP contribution in [0.1, 0.15) is 22.5 Å². The zero-order valence-corrected chi connectivity index (χ0v) is 23.2. The fraction of sp³-hybridized carbons (Fsp3) is 0.103. The van der Waals surface area contributed by atoms with Crippen LogP contribution in [0.15, 0.2) is 88.2 Å². The molecule has 1 aromatic heterocycles. The molecule has 1 aliphatic rings. The van der Waals surface area contributed by atoms with Gasteiger partial charge in [0, 0.05) is 26.6 Å². The van der Waals surface area contributed by atoms with Crippen molar-refractivity contribution in [2.75, 3.05) is 4.90 Å². The molecule has 1 saturated heterocycles. The van der Waals surface area contributed by atoms with Gasteiger partial charge in [-0.1, -0.05) is 45.7 Å². The fourth-order valence-electron chi connectivity index (χ4n) is 4.22. The molecule has 5 rings (SSSR count). The number of carbonyl (C=O) groups excluding carboxylic acids is 2. The summed E-state index contributed by atoms with van der Waals surface area (Å²) < 4.78 is 9.09. The number of rotatable bonds is 6. The zero-order chi connectivity index (χ0) is 26.1. The lowest BCUT2D eigenvalue weighted by Gasteiger charge is -2.12. The average Bonchev–Trinajstić information content (AvgIpc) is 3.32. The van der Waals surface area contributed by atoms with Crippen molar-refractivity contribution in [3.8, 4) is 11.4 Å². The maximum absolute atomic E-state index is 13.1. The number of benzene rings is 3. The van der Waals surface area contributed by atoms with Crippen molar-refractivity contribution in [1.29, 1.82) is 0 Å². The number of hydrogen-bond donors (Lipinski definition) is 0. The molecule has 8 heteroatoms. The molecule has 4 aromatic rings. The van der Waals surface area contributed by atoms with Crippen molar-refractivity contribution >= 4 is 62.2 Å². The molecule has 0 saturated carbocycles. The number of imide groups is 1. The van der Waals surface area contributed by atoms with Crippen LogP contribution in [0.5, 0.6) is 5.75 Å². The van der Waals surface area contributed by atoms with E-state index in [2.05, 4.69) is 20.5 Å². The van der Waals surface area contributed by atoms with E-state index in [1.54, 1.807) is 30.3 Å². The Bertz CT molecular complexity index is 1530. The van der Waals surface area contributed by atoms with E-state index in [-0.39, 0.29) is 11.1 Å². The number of aromatic nitrogens is 1. The number of amides is 2. The van der Waals surface area contributed by atoms with Gasteiger partial charge in [-0.2, -0.15) is 0 Å². The van der Waals surface area contributed by atoms with Gasteiger partial charge in [0.05, 0.1) is 10.6 Å². The van der Waals surface area contributed by atoms with Gasteiger partial charge in [-0.05, 0) is 103 Å². The van der Waals surface area contributed by atoms with Crippen molar-refractivity contribution < 1.29 is 14.3 Å². The summed E-state index contributed by atoms with van der Waals surface area (Å²) >= 11 is 10.4. The molecule has 3 aromatic carbocycles. The summed E-state index contributed by atoms with van der Waals surface area (Å²) in [5.41, 5.74) is 5.40. The molecule has 0 spiro atoms. The van der Waals surface area contributed by atoms with Crippen LogP contribution in [0.25, 0.3) is 11.8 Å². The minimum atomic E-state index is -0.352. The first-order valence-electron chi connectivity index (χ1n) is 11.5. The van der Waals surface area contributed by atoms with E-state index in [9.17, 15) is 9.59 Å². The summed E-state index contributed by atoms with van der Waals surface area (Å²) in [4.78, 5) is 27.2. The minimum absolute atomic E-state index is 0.342. The smallest absolute Gasteiger partial charge is 0.298 e. The lowest BCUT2D eigenvalue weighted by atomic mass is 10.2. The van der Waals surface area contributed by atoms with Gasteiger partial charge in [-0.15, -0.1) is 0 Å². The van der Waals surface area contributed by atoms with Crippen molar-refractivity contribution in [2.45, 2.75) is 20.5 Å². The topological polar surface area (TPSA) is 51.5 Å². The third-order valence-corrected chi connectivity index (χ3v) is 7.66. The third kappa shape index (κ3) is 5.39. The van der Waals surface area contributed by atoms with Gasteiger partial charge < -0.3 is 9.30 Å². The van der Waals surface area contributed by atoms with Crippen molar-refractivity contribution in [2.24, 2.45) is 0 Å². The Morgan fingerprint density at radius 1 is 0.946 bits per heavy atom. The van der Waals surface area contributed by atoms with Crippen LogP contribution in [0.3, 0.4) is 0 Å². The minimum Gasteiger partial charge on any atom is -0.489 e. The molecule has 0 bridgehead atoms. The Kier molecular flexibility index (Phi) is 7.29. The molecule has 0 aliphatic carbocycles. The number of hydrogen-bond acceptors (Lipinski definition) is 4. The molecule has 2 amide bonds. The number of thioether (sulfide) groups is 1. The summed E-state index contributed by atoms with van der Waals surface area (Å²) in [5, 5.41) is 0.125. The molecule has 0 N–H and O–H groups in total. The number of halogens is 2. The first-order chi connectivity index (χ1) is 17.8. The first kappa shape index (κ1) is 25.4. The average molecular weight is 594 g/mol. The molecule has 0 atom stereocenters. The highest BCUT2D eigenvalue weighted by molar-refractivity contribution is 9.10. The van der Waals surface area contributed by atoms with Gasteiger partial charge in [-0.3, -0.25) is 9.59 Å². The highest BCUT2D eigenvalue weighted by Crippen LogP contribution is 2.37. The first-order valence-corrected chi connectivity index (χ1v) is 13.5. The predicted octanol–water partition coefficient (Wildman–Crippen LogP) is 8.33. The summed E-state index contributed by atoms with van der Waals surface area (Å²) in [7, 11) is 0. The van der Waals surface area contributed by atoms with E-state index < -0.39 is 0 Å². The van der Waals surface area contributed by atoms with E-state index in [4.69, 9.17) is 16.3 Å². The maximum Gasteiger partial charge on any atom is 0.298 e. The van der Waals surface area contributed by atoms with Crippen LogP contribution in [0.2, 0.25) is 5.02 Å². The maximum atomic E-state index is 13.1. The second-order valence-corrected chi connectivity index (χ2v) is 10.9. The molecule has 5 nitrogen and oxygen atoms in total. The molecular weight excluding hydrogens is 572 g/mol. The summed E-state index contributed by atoms with van der Waals surface area (Å²) in [6, 6.07) is 24.7. The Labute approximate surface area is 232 Å². The third-order valence-electron chi connectivity index (χ3n) is 6.03. The van der Waals surface area contributed by atoms with Crippen LogP contribution >= 0.6 is 39.3 Å². The van der Waals surface area contributed by atoms with Gasteiger partial charge in [-0.25, -0.2) is 4.90 Å². The van der Waals surface area contributed by atoms with Crippen molar-refractivity contribution in [1.82, 2.24) is 4.57 Å². The van der Waals surface area contributed by atoms with Crippen LogP contribution in [0, 0.1) is 13.8 Å². The van der Waals surface area contributed by atoms with E-state index in [0.29, 0.717) is 22.2 Å².